The van der Waals surface area contributed by atoms with E-state index in [2.05, 4.69) is 6.92 Å². The van der Waals surface area contributed by atoms with Gasteiger partial charge in [-0.1, -0.05) is 43.5 Å². The molecule has 2 amide bonds. The summed E-state index contributed by atoms with van der Waals surface area (Å²) in [5, 5.41) is 0. The minimum Gasteiger partial charge on any atom is -0.340 e. The zero-order valence-electron chi connectivity index (χ0n) is 15.3. The van der Waals surface area contributed by atoms with Crippen molar-refractivity contribution in [3.63, 3.8) is 0 Å². The molecule has 25 heavy (non-hydrogen) atoms. The Balaban J connectivity index is 1.81. The standard InChI is InChI=1S/C21H28N2O2/c1-3-22(18-10-5-4-6-11-18)21(25)15-20-19-12-8-7-9-17(19)13-14-23(20)16(2)24/h7-9,12-14,18,20H,3-6,10-11,15H2,1-2H3. The maximum Gasteiger partial charge on any atom is 0.225 e. The highest BCUT2D eigenvalue weighted by Crippen LogP contribution is 2.34. The molecule has 1 fully saturated rings. The van der Waals surface area contributed by atoms with E-state index in [4.69, 9.17) is 0 Å². The van der Waals surface area contributed by atoms with Crippen LogP contribution in [0.2, 0.25) is 0 Å². The van der Waals surface area contributed by atoms with E-state index in [1.54, 1.807) is 11.8 Å². The molecule has 1 aliphatic heterocycles. The van der Waals surface area contributed by atoms with Gasteiger partial charge in [0, 0.05) is 25.7 Å². The van der Waals surface area contributed by atoms with Gasteiger partial charge in [0.25, 0.3) is 0 Å². The third kappa shape index (κ3) is 3.78. The molecule has 1 aromatic carbocycles. The molecule has 1 unspecified atom stereocenters. The van der Waals surface area contributed by atoms with Crippen LogP contribution in [-0.4, -0.2) is 34.2 Å². The van der Waals surface area contributed by atoms with E-state index in [1.165, 1.54) is 19.3 Å². The number of rotatable bonds is 4. The van der Waals surface area contributed by atoms with Crippen LogP contribution < -0.4 is 0 Å². The van der Waals surface area contributed by atoms with E-state index in [9.17, 15) is 9.59 Å². The monoisotopic (exact) mass is 340 g/mol. The fourth-order valence-electron chi connectivity index (χ4n) is 4.23. The number of benzene rings is 1. The SMILES string of the molecule is CCN(C(=O)CC1c2ccccc2C=CN1C(C)=O)C1CCCCC1. The summed E-state index contributed by atoms with van der Waals surface area (Å²) in [6.07, 6.45) is 10.0. The summed E-state index contributed by atoms with van der Waals surface area (Å²) in [7, 11) is 0. The first-order chi connectivity index (χ1) is 12.1. The topological polar surface area (TPSA) is 40.6 Å². The molecule has 0 bridgehead atoms. The maximum absolute atomic E-state index is 13.1. The van der Waals surface area contributed by atoms with Gasteiger partial charge in [-0.2, -0.15) is 0 Å². The molecule has 1 heterocycles. The largest absolute Gasteiger partial charge is 0.340 e. The van der Waals surface area contributed by atoms with Gasteiger partial charge in [-0.05, 0) is 37.0 Å². The third-order valence-electron chi connectivity index (χ3n) is 5.51. The lowest BCUT2D eigenvalue weighted by Crippen LogP contribution is -2.43. The molecule has 0 N–H and O–H groups in total. The number of nitrogens with zero attached hydrogens (tertiary/aromatic N) is 2. The minimum atomic E-state index is -0.205. The summed E-state index contributed by atoms with van der Waals surface area (Å²) in [5.74, 6) is 0.139. The van der Waals surface area contributed by atoms with Crippen molar-refractivity contribution in [2.45, 2.75) is 64.5 Å². The Hall–Kier alpha value is -2.10. The molecule has 1 saturated carbocycles. The first-order valence-corrected chi connectivity index (χ1v) is 9.47. The highest BCUT2D eigenvalue weighted by Gasteiger charge is 2.31. The van der Waals surface area contributed by atoms with Crippen LogP contribution in [0.1, 0.15) is 69.5 Å². The molecule has 134 valence electrons. The van der Waals surface area contributed by atoms with Crippen molar-refractivity contribution in [1.82, 2.24) is 9.80 Å². The molecule has 0 saturated heterocycles. The fraction of sp³-hybridized carbons (Fsp3) is 0.524. The predicted molar refractivity (Wildman–Crippen MR) is 99.6 cm³/mol. The Labute approximate surface area is 150 Å². The zero-order chi connectivity index (χ0) is 17.8. The molecular formula is C21H28N2O2. The second kappa shape index (κ2) is 7.85. The number of fused-ring (bicyclic) bond motifs is 1. The summed E-state index contributed by atoms with van der Waals surface area (Å²) >= 11 is 0. The van der Waals surface area contributed by atoms with E-state index in [1.807, 2.05) is 41.4 Å². The van der Waals surface area contributed by atoms with Crippen molar-refractivity contribution in [2.75, 3.05) is 6.54 Å². The average molecular weight is 340 g/mol. The van der Waals surface area contributed by atoms with Crippen LogP contribution in [0.25, 0.3) is 6.08 Å². The normalized spacial score (nSPS) is 20.2. The van der Waals surface area contributed by atoms with Crippen molar-refractivity contribution in [3.05, 3.63) is 41.6 Å². The van der Waals surface area contributed by atoms with Crippen molar-refractivity contribution in [1.29, 1.82) is 0 Å². The number of carbonyl (C=O) groups excluding carboxylic acids is 2. The molecule has 1 aromatic rings. The highest BCUT2D eigenvalue weighted by molar-refractivity contribution is 5.82. The lowest BCUT2D eigenvalue weighted by Gasteiger charge is -2.37. The van der Waals surface area contributed by atoms with E-state index in [0.717, 1.165) is 30.5 Å². The quantitative estimate of drug-likeness (QED) is 0.827. The number of hydrogen-bond acceptors (Lipinski definition) is 2. The highest BCUT2D eigenvalue weighted by atomic mass is 16.2. The maximum atomic E-state index is 13.1. The molecule has 3 rings (SSSR count). The average Bonchev–Trinajstić information content (AvgIpc) is 2.63. The lowest BCUT2D eigenvalue weighted by molar-refractivity contribution is -0.136. The molecule has 0 radical (unpaired) electrons. The third-order valence-corrected chi connectivity index (χ3v) is 5.51. The van der Waals surface area contributed by atoms with Gasteiger partial charge in [-0.25, -0.2) is 0 Å². The minimum absolute atomic E-state index is 0.0238. The summed E-state index contributed by atoms with van der Waals surface area (Å²) in [4.78, 5) is 28.9. The van der Waals surface area contributed by atoms with Gasteiger partial charge in [0.05, 0.1) is 12.5 Å². The summed E-state index contributed by atoms with van der Waals surface area (Å²) in [6.45, 7) is 4.37. The van der Waals surface area contributed by atoms with Crippen LogP contribution in [-0.2, 0) is 9.59 Å². The van der Waals surface area contributed by atoms with Gasteiger partial charge in [-0.15, -0.1) is 0 Å². The first-order valence-electron chi connectivity index (χ1n) is 9.47. The predicted octanol–water partition coefficient (Wildman–Crippen LogP) is 4.13. The molecule has 2 aliphatic rings. The number of carbonyl (C=O) groups is 2. The van der Waals surface area contributed by atoms with Crippen LogP contribution in [0.15, 0.2) is 30.5 Å². The molecule has 1 atom stereocenters. The van der Waals surface area contributed by atoms with Crippen molar-refractivity contribution in [3.8, 4) is 0 Å². The van der Waals surface area contributed by atoms with Crippen LogP contribution in [0.3, 0.4) is 0 Å². The molecular weight excluding hydrogens is 312 g/mol. The van der Waals surface area contributed by atoms with Gasteiger partial charge < -0.3 is 9.80 Å². The number of amides is 2. The van der Waals surface area contributed by atoms with Gasteiger partial charge in [-0.3, -0.25) is 9.59 Å². The summed E-state index contributed by atoms with van der Waals surface area (Å²) < 4.78 is 0. The molecule has 0 aromatic heterocycles. The Morgan fingerprint density at radius 2 is 1.88 bits per heavy atom. The van der Waals surface area contributed by atoms with Crippen LogP contribution in [0.4, 0.5) is 0 Å². The summed E-state index contributed by atoms with van der Waals surface area (Å²) in [5.41, 5.74) is 2.16. The lowest BCUT2D eigenvalue weighted by atomic mass is 9.91. The smallest absolute Gasteiger partial charge is 0.225 e. The van der Waals surface area contributed by atoms with E-state index in [-0.39, 0.29) is 17.9 Å². The molecule has 4 nitrogen and oxygen atoms in total. The Bertz CT molecular complexity index is 662. The van der Waals surface area contributed by atoms with Crippen LogP contribution in [0.5, 0.6) is 0 Å². The van der Waals surface area contributed by atoms with Crippen molar-refractivity contribution < 1.29 is 9.59 Å². The zero-order valence-corrected chi connectivity index (χ0v) is 15.3. The molecule has 4 heteroatoms. The number of hydrogen-bond donors (Lipinski definition) is 0. The van der Waals surface area contributed by atoms with E-state index in [0.29, 0.717) is 12.5 Å². The van der Waals surface area contributed by atoms with Gasteiger partial charge in [0.2, 0.25) is 11.8 Å². The second-order valence-corrected chi connectivity index (χ2v) is 7.06. The van der Waals surface area contributed by atoms with Crippen molar-refractivity contribution in [2.24, 2.45) is 0 Å². The Kier molecular flexibility index (Phi) is 5.57. The Morgan fingerprint density at radius 1 is 1.16 bits per heavy atom. The van der Waals surface area contributed by atoms with Crippen LogP contribution >= 0.6 is 0 Å². The Morgan fingerprint density at radius 3 is 2.56 bits per heavy atom. The van der Waals surface area contributed by atoms with Gasteiger partial charge >= 0.3 is 0 Å². The van der Waals surface area contributed by atoms with Crippen molar-refractivity contribution >= 4 is 17.9 Å². The van der Waals surface area contributed by atoms with E-state index < -0.39 is 0 Å². The van der Waals surface area contributed by atoms with Gasteiger partial charge in [0.15, 0.2) is 0 Å². The summed E-state index contributed by atoms with van der Waals surface area (Å²) in [6, 6.07) is 8.21. The first kappa shape index (κ1) is 17.7. The van der Waals surface area contributed by atoms with Gasteiger partial charge in [0.1, 0.15) is 0 Å². The van der Waals surface area contributed by atoms with Crippen LogP contribution in [0, 0.1) is 0 Å². The van der Waals surface area contributed by atoms with E-state index >= 15 is 0 Å². The fourth-order valence-corrected chi connectivity index (χ4v) is 4.23. The molecule has 1 aliphatic carbocycles. The second-order valence-electron chi connectivity index (χ2n) is 7.06. The molecule has 0 spiro atoms.